The predicted molar refractivity (Wildman–Crippen MR) is 143 cm³/mol. The SMILES string of the molecule is CC(C)(C)CC(C(=O)N(C1CC(C)(C)N(O)C(C)(C)C1)C1CC(C)(C)N(O)C(C)(C)C1)C(C)(C)C. The van der Waals surface area contributed by atoms with Crippen LogP contribution in [0.2, 0.25) is 0 Å². The molecule has 2 heterocycles. The van der Waals surface area contributed by atoms with Crippen molar-refractivity contribution in [3.63, 3.8) is 0 Å². The fourth-order valence-electron chi connectivity index (χ4n) is 7.04. The van der Waals surface area contributed by atoms with Crippen molar-refractivity contribution in [2.75, 3.05) is 0 Å². The van der Waals surface area contributed by atoms with Gasteiger partial charge in [-0.1, -0.05) is 41.5 Å². The van der Waals surface area contributed by atoms with Gasteiger partial charge in [-0.25, -0.2) is 0 Å². The molecule has 0 bridgehead atoms. The van der Waals surface area contributed by atoms with E-state index in [2.05, 4.69) is 102 Å². The number of carbonyl (C=O) groups excluding carboxylic acids is 1. The maximum absolute atomic E-state index is 14.7. The fraction of sp³-hybridized carbons (Fsp3) is 0.966. The van der Waals surface area contributed by atoms with Crippen LogP contribution >= 0.6 is 0 Å². The Hall–Kier alpha value is -0.690. The normalized spacial score (nSPS) is 27.0. The van der Waals surface area contributed by atoms with Gasteiger partial charge in [-0.15, -0.1) is 0 Å². The number of hydrogen-bond acceptors (Lipinski definition) is 5. The fourth-order valence-corrected chi connectivity index (χ4v) is 7.04. The smallest absolute Gasteiger partial charge is 0.226 e. The third kappa shape index (κ3) is 6.61. The number of piperidine rings is 2. The van der Waals surface area contributed by atoms with E-state index in [-0.39, 0.29) is 34.7 Å². The summed E-state index contributed by atoms with van der Waals surface area (Å²) in [5.41, 5.74) is -1.94. The summed E-state index contributed by atoms with van der Waals surface area (Å²) in [4.78, 5) is 17.0. The quantitative estimate of drug-likeness (QED) is 0.452. The standard InChI is InChI=1S/C29H57N3O3/c1-24(2,3)19-22(25(4,5)6)23(33)30(20-15-26(7,8)31(34)27(9,10)16-20)21-17-28(11,12)32(35)29(13,14)18-21/h20-22,34-35H,15-19H2,1-14H3. The molecule has 2 rings (SSSR count). The summed E-state index contributed by atoms with van der Waals surface area (Å²) < 4.78 is 0. The molecule has 206 valence electrons. The van der Waals surface area contributed by atoms with Crippen molar-refractivity contribution in [1.82, 2.24) is 15.0 Å². The second-order valence-electron chi connectivity index (χ2n) is 16.4. The zero-order chi connectivity index (χ0) is 27.6. The highest BCUT2D eigenvalue weighted by Gasteiger charge is 2.54. The Balaban J connectivity index is 2.64. The molecule has 2 N–H and O–H groups in total. The van der Waals surface area contributed by atoms with Crippen LogP contribution in [0.4, 0.5) is 0 Å². The number of hydroxylamine groups is 4. The average molecular weight is 496 g/mol. The Bertz CT molecular complexity index is 695. The van der Waals surface area contributed by atoms with Crippen molar-refractivity contribution >= 4 is 5.91 Å². The summed E-state index contributed by atoms with van der Waals surface area (Å²) in [6.45, 7) is 29.8. The lowest BCUT2D eigenvalue weighted by molar-refractivity contribution is -0.265. The molecule has 1 atom stereocenters. The number of amides is 1. The summed E-state index contributed by atoms with van der Waals surface area (Å²) in [7, 11) is 0. The summed E-state index contributed by atoms with van der Waals surface area (Å²) in [6, 6.07) is 0.0325. The van der Waals surface area contributed by atoms with Gasteiger partial charge < -0.3 is 15.3 Å². The molecule has 0 aliphatic carbocycles. The predicted octanol–water partition coefficient (Wildman–Crippen LogP) is 6.74. The Labute approximate surface area is 216 Å². The largest absolute Gasteiger partial charge is 0.336 e. The highest BCUT2D eigenvalue weighted by Crippen LogP contribution is 2.46. The molecule has 6 nitrogen and oxygen atoms in total. The van der Waals surface area contributed by atoms with Crippen molar-refractivity contribution < 1.29 is 15.2 Å². The van der Waals surface area contributed by atoms with E-state index in [9.17, 15) is 15.2 Å². The van der Waals surface area contributed by atoms with Crippen LogP contribution in [0.3, 0.4) is 0 Å². The van der Waals surface area contributed by atoms with Crippen LogP contribution < -0.4 is 0 Å². The van der Waals surface area contributed by atoms with Gasteiger partial charge in [0, 0.05) is 40.2 Å². The first-order chi connectivity index (χ1) is 15.3. The lowest BCUT2D eigenvalue weighted by Crippen LogP contribution is -2.69. The summed E-state index contributed by atoms with van der Waals surface area (Å²) in [5, 5.41) is 25.0. The van der Waals surface area contributed by atoms with Crippen LogP contribution in [0, 0.1) is 16.7 Å². The Kier molecular flexibility index (Phi) is 8.07. The first kappa shape index (κ1) is 30.5. The van der Waals surface area contributed by atoms with E-state index in [1.807, 2.05) is 0 Å². The topological polar surface area (TPSA) is 67.2 Å². The van der Waals surface area contributed by atoms with Gasteiger partial charge in [0.1, 0.15) is 0 Å². The third-order valence-corrected chi connectivity index (χ3v) is 8.44. The highest BCUT2D eigenvalue weighted by molar-refractivity contribution is 5.80. The molecule has 0 aromatic rings. The minimum atomic E-state index is -0.449. The van der Waals surface area contributed by atoms with E-state index in [0.29, 0.717) is 25.7 Å². The van der Waals surface area contributed by atoms with Crippen LogP contribution in [-0.4, -0.2) is 65.6 Å². The van der Waals surface area contributed by atoms with Crippen LogP contribution in [0.5, 0.6) is 0 Å². The van der Waals surface area contributed by atoms with Gasteiger partial charge in [-0.3, -0.25) is 4.79 Å². The molecule has 1 amide bonds. The first-order valence-electron chi connectivity index (χ1n) is 13.6. The van der Waals surface area contributed by atoms with Gasteiger partial charge in [-0.05, 0) is 98.3 Å². The van der Waals surface area contributed by atoms with Gasteiger partial charge in [0.15, 0.2) is 0 Å². The van der Waals surface area contributed by atoms with Gasteiger partial charge >= 0.3 is 0 Å². The highest BCUT2D eigenvalue weighted by atomic mass is 16.5. The summed E-state index contributed by atoms with van der Waals surface area (Å²) >= 11 is 0. The second kappa shape index (κ2) is 9.25. The van der Waals surface area contributed by atoms with Crippen LogP contribution in [0.15, 0.2) is 0 Å². The molecule has 0 radical (unpaired) electrons. The van der Waals surface area contributed by atoms with Gasteiger partial charge in [-0.2, -0.15) is 10.1 Å². The molecule has 0 saturated carbocycles. The molecule has 0 spiro atoms. The van der Waals surface area contributed by atoms with E-state index in [4.69, 9.17) is 0 Å². The molecule has 35 heavy (non-hydrogen) atoms. The minimum Gasteiger partial charge on any atom is -0.336 e. The molecule has 6 heteroatoms. The van der Waals surface area contributed by atoms with Crippen molar-refractivity contribution in [2.24, 2.45) is 16.7 Å². The van der Waals surface area contributed by atoms with E-state index >= 15 is 0 Å². The third-order valence-electron chi connectivity index (χ3n) is 8.44. The molecule has 2 aliphatic rings. The van der Waals surface area contributed by atoms with Crippen LogP contribution in [-0.2, 0) is 4.79 Å². The zero-order valence-electron chi connectivity index (χ0n) is 25.4. The molecule has 2 fully saturated rings. The maximum atomic E-state index is 14.7. The van der Waals surface area contributed by atoms with Gasteiger partial charge in [0.25, 0.3) is 0 Å². The van der Waals surface area contributed by atoms with E-state index in [0.717, 1.165) is 6.42 Å². The zero-order valence-corrected chi connectivity index (χ0v) is 25.4. The van der Waals surface area contributed by atoms with E-state index in [1.54, 1.807) is 0 Å². The molecular weight excluding hydrogens is 438 g/mol. The van der Waals surface area contributed by atoms with E-state index in [1.165, 1.54) is 10.1 Å². The average Bonchev–Trinajstić information content (AvgIpc) is 2.59. The number of nitrogens with zero attached hydrogens (tertiary/aromatic N) is 3. The van der Waals surface area contributed by atoms with Crippen molar-refractivity contribution in [3.8, 4) is 0 Å². The number of hydrogen-bond donors (Lipinski definition) is 2. The lowest BCUT2D eigenvalue weighted by Gasteiger charge is -2.59. The minimum absolute atomic E-state index is 0.0163. The molecule has 2 saturated heterocycles. The van der Waals surface area contributed by atoms with Crippen molar-refractivity contribution in [2.45, 2.75) is 163 Å². The summed E-state index contributed by atoms with van der Waals surface area (Å²) in [5.74, 6) is 0.123. The molecule has 0 aromatic carbocycles. The first-order valence-corrected chi connectivity index (χ1v) is 13.6. The van der Waals surface area contributed by atoms with Crippen molar-refractivity contribution in [1.29, 1.82) is 0 Å². The Morgan fingerprint density at radius 1 is 0.743 bits per heavy atom. The molecule has 1 unspecified atom stereocenters. The molecular formula is C29H57N3O3. The van der Waals surface area contributed by atoms with E-state index < -0.39 is 22.2 Å². The Morgan fingerprint density at radius 3 is 1.26 bits per heavy atom. The molecule has 2 aliphatic heterocycles. The second-order valence-corrected chi connectivity index (χ2v) is 16.4. The van der Waals surface area contributed by atoms with Gasteiger partial charge in [0.2, 0.25) is 5.91 Å². The van der Waals surface area contributed by atoms with Gasteiger partial charge in [0.05, 0.1) is 0 Å². The molecule has 0 aromatic heterocycles. The maximum Gasteiger partial charge on any atom is 0.226 e. The van der Waals surface area contributed by atoms with Crippen LogP contribution in [0.1, 0.15) is 129 Å². The Morgan fingerprint density at radius 2 is 1.03 bits per heavy atom. The lowest BCUT2D eigenvalue weighted by atomic mass is 9.69. The van der Waals surface area contributed by atoms with Crippen molar-refractivity contribution in [3.05, 3.63) is 0 Å². The number of rotatable bonds is 4. The number of carbonyl (C=O) groups is 1. The monoisotopic (exact) mass is 495 g/mol. The van der Waals surface area contributed by atoms with Crippen LogP contribution in [0.25, 0.3) is 0 Å². The summed E-state index contributed by atoms with van der Waals surface area (Å²) in [6.07, 6.45) is 3.68.